The van der Waals surface area contributed by atoms with Crippen molar-refractivity contribution in [3.8, 4) is 68.4 Å². The Morgan fingerprint density at radius 3 is 0.985 bits per heavy atom. The van der Waals surface area contributed by atoms with Gasteiger partial charge in [-0.05, 0) is 175 Å². The van der Waals surface area contributed by atoms with Crippen LogP contribution in [-0.2, 0) is 0 Å². The second-order valence-electron chi connectivity index (χ2n) is 32.4. The van der Waals surface area contributed by atoms with Gasteiger partial charge in [-0.1, -0.05) is 206 Å². The predicted octanol–water partition coefficient (Wildman–Crippen LogP) is 26.1. The molecule has 16 aromatic carbocycles. The van der Waals surface area contributed by atoms with E-state index in [1.165, 1.54) is 0 Å². The number of fused-ring (bicyclic) bond motifs is 16. The first kappa shape index (κ1) is 78.4. The molecule has 0 fully saturated rings. The highest BCUT2D eigenvalue weighted by Gasteiger charge is 2.31. The number of rotatable bonds is 17. The van der Waals surface area contributed by atoms with E-state index in [2.05, 4.69) is 288 Å². The topological polar surface area (TPSA) is 267 Å². The van der Waals surface area contributed by atoms with Gasteiger partial charge in [0, 0.05) is 115 Å². The number of aromatic nitrogens is 16. The first-order valence-electron chi connectivity index (χ1n) is 43.6. The molecule has 0 saturated heterocycles. The van der Waals surface area contributed by atoms with E-state index < -0.39 is 0 Å². The van der Waals surface area contributed by atoms with Gasteiger partial charge in [-0.2, -0.15) is 10.5 Å². The van der Waals surface area contributed by atoms with Crippen molar-refractivity contribution in [1.29, 1.82) is 10.5 Å². The number of anilines is 12. The Morgan fingerprint density at radius 1 is 0.216 bits per heavy atom. The van der Waals surface area contributed by atoms with E-state index in [1.54, 1.807) is 31.0 Å². The van der Waals surface area contributed by atoms with E-state index in [4.69, 9.17) is 79.7 Å². The Hall–Kier alpha value is -19.1. The van der Waals surface area contributed by atoms with Crippen LogP contribution in [0, 0.1) is 36.5 Å². The van der Waals surface area contributed by atoms with Gasteiger partial charge in [-0.25, -0.2) is 69.8 Å². The van der Waals surface area contributed by atoms with Crippen molar-refractivity contribution in [2.24, 2.45) is 0 Å². The SMILES string of the molecule is Cc1cccc(N(c2ccccc2)c2ccc(-c3nc4c(nc3-c3ccc(N(c5ccccc5)c5cccc(C)c5)cc3)c3nc5ncc(-c6ccccc6N(c6ccccc6)c6ccc(-c7nc8c9nc(C#N)c(C#N)nc9c9nccnc9c8nc7-c7ccc(N(c8ccccc8)c8ccccc8)c8ccccc78)c7ccccc67)nc5nc3c3nc5nccnc5nc43)cc2)c1. The first-order valence-corrected chi connectivity index (χ1v) is 43.6. The molecule has 22 nitrogen and oxygen atoms in total. The second-order valence-corrected chi connectivity index (χ2v) is 32.4. The van der Waals surface area contributed by atoms with Gasteiger partial charge in [0.05, 0.1) is 51.7 Å². The summed E-state index contributed by atoms with van der Waals surface area (Å²) in [5.74, 6) is 0. The molecule has 0 aliphatic heterocycles. The van der Waals surface area contributed by atoms with Crippen LogP contribution in [0.4, 0.5) is 68.2 Å². The van der Waals surface area contributed by atoms with Crippen LogP contribution in [0.15, 0.2) is 377 Å². The predicted molar refractivity (Wildman–Crippen MR) is 531 cm³/mol. The number of hydrogen-bond donors (Lipinski definition) is 0. The van der Waals surface area contributed by atoms with E-state index in [0.29, 0.717) is 94.9 Å². The summed E-state index contributed by atoms with van der Waals surface area (Å²) in [6.45, 7) is 4.21. The smallest absolute Gasteiger partial charge is 0.199 e. The van der Waals surface area contributed by atoms with Crippen LogP contribution in [0.5, 0.6) is 0 Å². The van der Waals surface area contributed by atoms with Crippen molar-refractivity contribution < 1.29 is 0 Å². The lowest BCUT2D eigenvalue weighted by Gasteiger charge is -2.29. The van der Waals surface area contributed by atoms with Gasteiger partial charge in [0.1, 0.15) is 78.3 Å². The summed E-state index contributed by atoms with van der Waals surface area (Å²) in [6, 6.07) is 123. The van der Waals surface area contributed by atoms with Crippen molar-refractivity contribution in [3.05, 3.63) is 399 Å². The zero-order chi connectivity index (χ0) is 89.4. The lowest BCUT2D eigenvalue weighted by atomic mass is 9.93. The van der Waals surface area contributed by atoms with Crippen LogP contribution >= 0.6 is 0 Å². The second kappa shape index (κ2) is 32.7. The minimum atomic E-state index is -0.165. The van der Waals surface area contributed by atoms with Gasteiger partial charge in [0.15, 0.2) is 34.0 Å². The number of benzene rings is 16. The number of nitrogens with zero attached hydrogens (tertiary/aromatic N) is 22. The number of para-hydroxylation sites is 6. The monoisotopic (exact) mass is 1720 g/mol. The maximum atomic E-state index is 10.6. The van der Waals surface area contributed by atoms with Gasteiger partial charge in [-0.3, -0.25) is 9.97 Å². The molecule has 0 amide bonds. The third kappa shape index (κ3) is 13.6. The summed E-state index contributed by atoms with van der Waals surface area (Å²) in [5, 5.41) is 24.6. The van der Waals surface area contributed by atoms with E-state index >= 15 is 0 Å². The van der Waals surface area contributed by atoms with E-state index in [0.717, 1.165) is 129 Å². The molecule has 8 heterocycles. The van der Waals surface area contributed by atoms with Gasteiger partial charge in [0.2, 0.25) is 0 Å². The van der Waals surface area contributed by atoms with E-state index in [1.807, 2.05) is 103 Å². The molecule has 0 saturated carbocycles. The molecule has 0 atom stereocenters. The van der Waals surface area contributed by atoms with Gasteiger partial charge >= 0.3 is 0 Å². The molecule has 134 heavy (non-hydrogen) atoms. The highest BCUT2D eigenvalue weighted by Crippen LogP contribution is 2.51. The van der Waals surface area contributed by atoms with Crippen molar-refractivity contribution in [2.45, 2.75) is 13.8 Å². The average Bonchev–Trinajstić information content (AvgIpc) is 0.718. The quantitative estimate of drug-likeness (QED) is 0.0605. The van der Waals surface area contributed by atoms with Crippen molar-refractivity contribution in [3.63, 3.8) is 0 Å². The normalized spacial score (nSPS) is 11.5. The third-order valence-corrected chi connectivity index (χ3v) is 24.3. The molecular weight excluding hydrogens is 1650 g/mol. The third-order valence-electron chi connectivity index (χ3n) is 24.3. The largest absolute Gasteiger partial charge is 0.310 e. The summed E-state index contributed by atoms with van der Waals surface area (Å²) in [7, 11) is 0. The Morgan fingerprint density at radius 2 is 0.545 bits per heavy atom. The molecular formula is C112H68N22. The number of nitriles is 2. The van der Waals surface area contributed by atoms with Crippen molar-refractivity contribution in [2.75, 3.05) is 19.6 Å². The highest BCUT2D eigenvalue weighted by atomic mass is 15.2. The van der Waals surface area contributed by atoms with Crippen LogP contribution in [0.25, 0.3) is 167 Å². The lowest BCUT2D eigenvalue weighted by Crippen LogP contribution is -2.12. The highest BCUT2D eigenvalue weighted by molar-refractivity contribution is 6.22. The van der Waals surface area contributed by atoms with Crippen LogP contribution in [0.2, 0.25) is 0 Å². The zero-order valence-electron chi connectivity index (χ0n) is 71.6. The zero-order valence-corrected chi connectivity index (χ0v) is 71.6. The number of hydrogen-bond acceptors (Lipinski definition) is 22. The Bertz CT molecular complexity index is 8930. The Kier molecular flexibility index (Phi) is 19.1. The molecule has 0 radical (unpaired) electrons. The fraction of sp³-hybridized carbons (Fsp3) is 0.0179. The molecule has 24 rings (SSSR count). The van der Waals surface area contributed by atoms with Crippen molar-refractivity contribution in [1.82, 2.24) is 79.7 Å². The fourth-order valence-electron chi connectivity index (χ4n) is 18.3. The molecule has 0 aliphatic carbocycles. The van der Waals surface area contributed by atoms with Crippen LogP contribution in [-0.4, -0.2) is 79.7 Å². The maximum Gasteiger partial charge on any atom is 0.199 e. The molecule has 0 aliphatic rings. The van der Waals surface area contributed by atoms with E-state index in [-0.39, 0.29) is 33.7 Å². The first-order chi connectivity index (χ1) is 66.2. The molecule has 0 bridgehead atoms. The lowest BCUT2D eigenvalue weighted by molar-refractivity contribution is 1.18. The molecule has 8 aromatic heterocycles. The molecule has 0 N–H and O–H groups in total. The van der Waals surface area contributed by atoms with Crippen LogP contribution < -0.4 is 19.6 Å². The summed E-state index contributed by atoms with van der Waals surface area (Å²) < 4.78 is 0. The number of aryl methyl sites for hydroxylation is 2. The summed E-state index contributed by atoms with van der Waals surface area (Å²) in [4.78, 5) is 93.0. The average molecular weight is 1720 g/mol. The molecule has 24 aromatic rings. The van der Waals surface area contributed by atoms with Crippen molar-refractivity contribution >= 4 is 179 Å². The fourth-order valence-corrected chi connectivity index (χ4v) is 18.3. The molecule has 22 heteroatoms. The minimum absolute atomic E-state index is 0.152. The summed E-state index contributed by atoms with van der Waals surface area (Å²) in [6.07, 6.45) is 8.10. The molecule has 626 valence electrons. The Labute approximate surface area is 765 Å². The van der Waals surface area contributed by atoms with Gasteiger partial charge < -0.3 is 19.6 Å². The summed E-state index contributed by atoms with van der Waals surface area (Å²) in [5.41, 5.74) is 24.9. The molecule has 0 spiro atoms. The minimum Gasteiger partial charge on any atom is -0.310 e. The van der Waals surface area contributed by atoms with Gasteiger partial charge in [0.25, 0.3) is 0 Å². The molecule has 0 unspecified atom stereocenters. The van der Waals surface area contributed by atoms with Gasteiger partial charge in [-0.15, -0.1) is 0 Å². The Balaban J connectivity index is 0.682. The maximum absolute atomic E-state index is 10.6. The van der Waals surface area contributed by atoms with Crippen LogP contribution in [0.1, 0.15) is 22.5 Å². The van der Waals surface area contributed by atoms with E-state index in [9.17, 15) is 10.5 Å². The van der Waals surface area contributed by atoms with Crippen LogP contribution in [0.3, 0.4) is 0 Å². The standard InChI is InChI=1S/C112H68N22/c1-67-26-24-38-78(62-67)131(71-28-8-3-9-29-71)76-50-46-69(47-51-76)93-94(70-48-52-77(53-49-70)132(72-30-10-4-11-31-72)79-39-25-27-68(2)63-79)124-104-103(123-93)105-107(128-110-109(127-105)117-60-61-118-110)108-106(104)129-111-112(130-108)122-89(66-119-111)86-44-22-23-45-90(86)134(75-36-16-7-17-37-75)92-57-55-85(81-41-19-21-43-83(81)92)96-95(125-100-98-97(115-58-59-116-98)99-101(102(100)126-96)121-88(65-114)87(64-113)120-99)84-54-56-91(82-42-20-18-40-80(82)84)133(73-32-12-5-13-33-73)74-34-14-6-15-35-74/h3-63,66H,1-2H3. The summed E-state index contributed by atoms with van der Waals surface area (Å²) >= 11 is 0.